The van der Waals surface area contributed by atoms with E-state index in [9.17, 15) is 9.59 Å². The zero-order valence-electron chi connectivity index (χ0n) is 12.0. The number of amides is 2. The maximum absolute atomic E-state index is 11.4. The fourth-order valence-electron chi connectivity index (χ4n) is 1.42. The van der Waals surface area contributed by atoms with Gasteiger partial charge in [-0.05, 0) is 11.0 Å². The van der Waals surface area contributed by atoms with Crippen LogP contribution in [0.25, 0.3) is 0 Å². The summed E-state index contributed by atoms with van der Waals surface area (Å²) in [7, 11) is 0. The molecule has 0 unspecified atom stereocenters. The molecule has 0 aromatic heterocycles. The lowest BCUT2D eigenvalue weighted by Gasteiger charge is -2.16. The average Bonchev–Trinajstić information content (AvgIpc) is 2.35. The molecule has 3 N–H and O–H groups in total. The fourth-order valence-corrected chi connectivity index (χ4v) is 1.42. The molecule has 0 bridgehead atoms. The van der Waals surface area contributed by atoms with Crippen molar-refractivity contribution in [3.05, 3.63) is 35.9 Å². The van der Waals surface area contributed by atoms with E-state index in [1.54, 1.807) is 0 Å². The third-order valence-corrected chi connectivity index (χ3v) is 2.30. The minimum Gasteiger partial charge on any atom is -0.351 e. The Morgan fingerprint density at radius 1 is 1.15 bits per heavy atom. The molecule has 6 nitrogen and oxygen atoms in total. The first-order valence-electron chi connectivity index (χ1n) is 6.39. The lowest BCUT2D eigenvalue weighted by molar-refractivity contribution is -0.154. The standard InChI is InChI=1S/C14H21N3O3/c1-14(2,3)9-12(18)20-17-16-13(19)15-10-11-7-5-4-6-8-11/h4-8,17H,9-10H2,1-3H3,(H2,15,16,19). The second-order valence-electron chi connectivity index (χ2n) is 5.61. The zero-order valence-corrected chi connectivity index (χ0v) is 12.0. The van der Waals surface area contributed by atoms with E-state index < -0.39 is 12.0 Å². The summed E-state index contributed by atoms with van der Waals surface area (Å²) in [4.78, 5) is 27.5. The highest BCUT2D eigenvalue weighted by Gasteiger charge is 2.17. The van der Waals surface area contributed by atoms with Crippen molar-refractivity contribution in [1.29, 1.82) is 0 Å². The van der Waals surface area contributed by atoms with Gasteiger partial charge in [0.1, 0.15) is 0 Å². The van der Waals surface area contributed by atoms with E-state index in [-0.39, 0.29) is 11.8 Å². The molecular formula is C14H21N3O3. The first-order valence-corrected chi connectivity index (χ1v) is 6.39. The second kappa shape index (κ2) is 7.49. The van der Waals surface area contributed by atoms with E-state index in [4.69, 9.17) is 0 Å². The molecule has 1 rings (SSSR count). The molecule has 0 aliphatic carbocycles. The molecule has 6 heteroatoms. The van der Waals surface area contributed by atoms with Gasteiger partial charge in [-0.3, -0.25) is 4.79 Å². The van der Waals surface area contributed by atoms with Gasteiger partial charge in [0, 0.05) is 6.54 Å². The Labute approximate surface area is 118 Å². The molecule has 0 saturated heterocycles. The summed E-state index contributed by atoms with van der Waals surface area (Å²) < 4.78 is 0. The molecule has 1 aromatic rings. The second-order valence-corrected chi connectivity index (χ2v) is 5.61. The van der Waals surface area contributed by atoms with E-state index in [0.717, 1.165) is 5.56 Å². The van der Waals surface area contributed by atoms with Crippen LogP contribution in [0.3, 0.4) is 0 Å². The van der Waals surface area contributed by atoms with E-state index in [1.807, 2.05) is 51.1 Å². The summed E-state index contributed by atoms with van der Waals surface area (Å²) in [5, 5.41) is 2.62. The average molecular weight is 279 g/mol. The number of nitrogens with one attached hydrogen (secondary N) is 3. The fraction of sp³-hybridized carbons (Fsp3) is 0.429. The Bertz CT molecular complexity index is 441. The Hall–Kier alpha value is -2.08. The lowest BCUT2D eigenvalue weighted by Crippen LogP contribution is -2.44. The molecule has 0 saturated carbocycles. The van der Waals surface area contributed by atoms with Crippen molar-refractivity contribution in [2.75, 3.05) is 0 Å². The van der Waals surface area contributed by atoms with Crippen LogP contribution in [-0.2, 0) is 16.2 Å². The molecule has 0 aliphatic heterocycles. The topological polar surface area (TPSA) is 79.5 Å². The van der Waals surface area contributed by atoms with E-state index in [1.165, 1.54) is 0 Å². The monoisotopic (exact) mass is 279 g/mol. The third kappa shape index (κ3) is 7.38. The minimum atomic E-state index is -0.475. The maximum Gasteiger partial charge on any atom is 0.331 e. The number of benzene rings is 1. The molecule has 110 valence electrons. The first-order chi connectivity index (χ1) is 9.37. The van der Waals surface area contributed by atoms with Crippen molar-refractivity contribution in [2.45, 2.75) is 33.7 Å². The molecule has 0 fully saturated rings. The molecule has 0 atom stereocenters. The van der Waals surface area contributed by atoms with Crippen molar-refractivity contribution in [3.8, 4) is 0 Å². The van der Waals surface area contributed by atoms with Gasteiger partial charge in [-0.1, -0.05) is 56.7 Å². The van der Waals surface area contributed by atoms with E-state index >= 15 is 0 Å². The van der Waals surface area contributed by atoms with Gasteiger partial charge in [0.2, 0.25) is 0 Å². The van der Waals surface area contributed by atoms with Crippen LogP contribution < -0.4 is 16.3 Å². The lowest BCUT2D eigenvalue weighted by atomic mass is 9.93. The molecule has 2 amide bonds. The molecule has 0 aliphatic rings. The highest BCUT2D eigenvalue weighted by atomic mass is 16.7. The van der Waals surface area contributed by atoms with Crippen molar-refractivity contribution in [2.24, 2.45) is 5.41 Å². The van der Waals surface area contributed by atoms with Crippen LogP contribution in [0.15, 0.2) is 30.3 Å². The number of carbonyl (C=O) groups excluding carboxylic acids is 2. The van der Waals surface area contributed by atoms with Crippen LogP contribution in [0.2, 0.25) is 0 Å². The van der Waals surface area contributed by atoms with Crippen LogP contribution in [-0.4, -0.2) is 12.0 Å². The summed E-state index contributed by atoms with van der Waals surface area (Å²) in [5.41, 5.74) is 5.18. The number of hydrogen-bond acceptors (Lipinski definition) is 4. The normalized spacial score (nSPS) is 10.8. The third-order valence-electron chi connectivity index (χ3n) is 2.30. The summed E-state index contributed by atoms with van der Waals surface area (Å²) in [6.45, 7) is 6.17. The van der Waals surface area contributed by atoms with Gasteiger partial charge in [-0.15, -0.1) is 0 Å². The Balaban J connectivity index is 2.16. The van der Waals surface area contributed by atoms with E-state index in [0.29, 0.717) is 6.54 Å². The smallest absolute Gasteiger partial charge is 0.331 e. The van der Waals surface area contributed by atoms with Gasteiger partial charge in [0.05, 0.1) is 6.42 Å². The van der Waals surface area contributed by atoms with Crippen LogP contribution >= 0.6 is 0 Å². The Morgan fingerprint density at radius 3 is 2.40 bits per heavy atom. The summed E-state index contributed by atoms with van der Waals surface area (Å²) in [5.74, 6) is -0.430. The van der Waals surface area contributed by atoms with Crippen molar-refractivity contribution in [3.63, 3.8) is 0 Å². The maximum atomic E-state index is 11.4. The predicted molar refractivity (Wildman–Crippen MR) is 75.1 cm³/mol. The van der Waals surface area contributed by atoms with Gasteiger partial charge in [-0.2, -0.15) is 0 Å². The number of rotatable bonds is 5. The van der Waals surface area contributed by atoms with Gasteiger partial charge in [0.15, 0.2) is 0 Å². The Morgan fingerprint density at radius 2 is 1.80 bits per heavy atom. The highest BCUT2D eigenvalue weighted by molar-refractivity contribution is 5.73. The van der Waals surface area contributed by atoms with E-state index in [2.05, 4.69) is 21.2 Å². The number of hydrogen-bond donors (Lipinski definition) is 3. The molecule has 0 radical (unpaired) electrons. The predicted octanol–water partition coefficient (Wildman–Crippen LogP) is 1.88. The minimum absolute atomic E-state index is 0.158. The van der Waals surface area contributed by atoms with Crippen molar-refractivity contribution < 1.29 is 14.4 Å². The van der Waals surface area contributed by atoms with Crippen LogP contribution in [0, 0.1) is 5.41 Å². The van der Waals surface area contributed by atoms with Crippen LogP contribution in [0.4, 0.5) is 4.79 Å². The summed E-state index contributed by atoms with van der Waals surface area (Å²) >= 11 is 0. The van der Waals surface area contributed by atoms with Gasteiger partial charge in [-0.25, -0.2) is 10.2 Å². The number of urea groups is 1. The largest absolute Gasteiger partial charge is 0.351 e. The van der Waals surface area contributed by atoms with Crippen molar-refractivity contribution >= 4 is 12.0 Å². The summed E-state index contributed by atoms with van der Waals surface area (Å²) in [6, 6.07) is 9.01. The van der Waals surface area contributed by atoms with Crippen LogP contribution in [0.1, 0.15) is 32.8 Å². The number of hydrazine groups is 1. The molecular weight excluding hydrogens is 258 g/mol. The summed E-state index contributed by atoms with van der Waals surface area (Å²) in [6.07, 6.45) is 0.257. The zero-order chi connectivity index (χ0) is 15.0. The van der Waals surface area contributed by atoms with Crippen LogP contribution in [0.5, 0.6) is 0 Å². The molecule has 1 aromatic carbocycles. The highest BCUT2D eigenvalue weighted by Crippen LogP contribution is 2.18. The van der Waals surface area contributed by atoms with Gasteiger partial charge in [0.25, 0.3) is 0 Å². The SMILES string of the molecule is CC(C)(C)CC(=O)ONNC(=O)NCc1ccccc1. The van der Waals surface area contributed by atoms with Crippen molar-refractivity contribution in [1.82, 2.24) is 16.3 Å². The Kier molecular flexibility index (Phi) is 5.99. The van der Waals surface area contributed by atoms with Gasteiger partial charge >= 0.3 is 12.0 Å². The van der Waals surface area contributed by atoms with Gasteiger partial charge < -0.3 is 10.2 Å². The quantitative estimate of drug-likeness (QED) is 0.719. The molecule has 20 heavy (non-hydrogen) atoms. The molecule has 0 heterocycles. The number of carbonyl (C=O) groups is 2. The molecule has 0 spiro atoms. The first kappa shape index (κ1) is 16.0.